The SMILES string of the molecule is COC1CN(C[C@@H]2CCN(c3nn(C4CCN(C(=O)OC(C)(C)C)CC4)c(C)c3I)C(C)(C)C2)CC1O. The van der Waals surface area contributed by atoms with Crippen LogP contribution in [0.1, 0.15) is 72.0 Å². The van der Waals surface area contributed by atoms with Crippen LogP contribution in [0, 0.1) is 16.4 Å². The standard InChI is InChI=1S/C27H46IN5O4/c1-18-23(28)24(29-33(18)20-9-11-31(12-10-20)25(35)37-26(2,3)4)32-13-8-19(14-27(32,5)6)15-30-16-21(34)22(17-30)36-7/h19-22,34H,8-17H2,1-7H3/t19-,21?,22?/m1/s1. The third-order valence-electron chi connectivity index (χ3n) is 8.19. The van der Waals surface area contributed by atoms with Gasteiger partial charge in [0.05, 0.1) is 27.5 Å². The zero-order valence-corrected chi connectivity index (χ0v) is 25.8. The maximum Gasteiger partial charge on any atom is 0.410 e. The summed E-state index contributed by atoms with van der Waals surface area (Å²) in [4.78, 5) is 19.2. The van der Waals surface area contributed by atoms with Gasteiger partial charge in [-0.05, 0) is 95.7 Å². The first kappa shape index (κ1) is 28.9. The number of methoxy groups -OCH3 is 1. The number of hydrogen-bond donors (Lipinski definition) is 1. The number of rotatable bonds is 5. The quantitative estimate of drug-likeness (QED) is 0.492. The van der Waals surface area contributed by atoms with Gasteiger partial charge in [0.25, 0.3) is 0 Å². The summed E-state index contributed by atoms with van der Waals surface area (Å²) in [6.45, 7) is 17.4. The van der Waals surface area contributed by atoms with Crippen molar-refractivity contribution < 1.29 is 19.4 Å². The van der Waals surface area contributed by atoms with E-state index in [0.717, 1.165) is 51.1 Å². The van der Waals surface area contributed by atoms with Crippen molar-refractivity contribution in [2.24, 2.45) is 5.92 Å². The van der Waals surface area contributed by atoms with Crippen molar-refractivity contribution in [2.45, 2.75) is 96.6 Å². The molecule has 3 fully saturated rings. The molecule has 0 bridgehead atoms. The summed E-state index contributed by atoms with van der Waals surface area (Å²) >= 11 is 2.46. The number of aliphatic hydroxyl groups excluding tert-OH is 1. The molecule has 0 aromatic carbocycles. The van der Waals surface area contributed by atoms with E-state index in [-0.39, 0.29) is 29.9 Å². The molecule has 0 saturated carbocycles. The summed E-state index contributed by atoms with van der Waals surface area (Å²) < 4.78 is 14.4. The summed E-state index contributed by atoms with van der Waals surface area (Å²) in [5, 5.41) is 15.4. The monoisotopic (exact) mass is 631 g/mol. The first-order valence-corrected chi connectivity index (χ1v) is 14.8. The molecule has 3 aliphatic heterocycles. The van der Waals surface area contributed by atoms with E-state index in [4.69, 9.17) is 14.6 Å². The van der Waals surface area contributed by atoms with Gasteiger partial charge in [-0.15, -0.1) is 0 Å². The summed E-state index contributed by atoms with van der Waals surface area (Å²) in [5.41, 5.74) is 0.730. The number of nitrogens with zero attached hydrogens (tertiary/aromatic N) is 5. The second kappa shape index (κ2) is 11.2. The summed E-state index contributed by atoms with van der Waals surface area (Å²) in [6.07, 6.45) is 3.29. The van der Waals surface area contributed by atoms with Gasteiger partial charge in [-0.1, -0.05) is 0 Å². The number of carbonyl (C=O) groups excluding carboxylic acids is 1. The maximum absolute atomic E-state index is 12.5. The molecule has 4 rings (SSSR count). The Bertz CT molecular complexity index is 953. The van der Waals surface area contributed by atoms with Crippen LogP contribution in [0.2, 0.25) is 0 Å². The fourth-order valence-electron chi connectivity index (χ4n) is 6.29. The Morgan fingerprint density at radius 2 is 1.84 bits per heavy atom. The summed E-state index contributed by atoms with van der Waals surface area (Å²) in [6, 6.07) is 0.289. The molecular weight excluding hydrogens is 585 g/mol. The van der Waals surface area contributed by atoms with E-state index in [1.165, 1.54) is 9.26 Å². The molecule has 0 radical (unpaired) electrons. The molecule has 3 saturated heterocycles. The zero-order valence-electron chi connectivity index (χ0n) is 23.7. The van der Waals surface area contributed by atoms with Crippen molar-refractivity contribution >= 4 is 34.5 Å². The number of ether oxygens (including phenoxy) is 2. The van der Waals surface area contributed by atoms with Gasteiger partial charge in [0, 0.05) is 51.9 Å². The fourth-order valence-corrected chi connectivity index (χ4v) is 6.94. The normalized spacial score (nSPS) is 27.6. The Labute approximate surface area is 236 Å². The molecule has 3 atom stereocenters. The molecule has 1 N–H and O–H groups in total. The Morgan fingerprint density at radius 1 is 1.16 bits per heavy atom. The van der Waals surface area contributed by atoms with Gasteiger partial charge < -0.3 is 24.4 Å². The number of anilines is 1. The molecule has 3 aliphatic rings. The predicted molar refractivity (Wildman–Crippen MR) is 153 cm³/mol. The van der Waals surface area contributed by atoms with Crippen LogP contribution < -0.4 is 4.90 Å². The highest BCUT2D eigenvalue weighted by molar-refractivity contribution is 14.1. The second-order valence-electron chi connectivity index (χ2n) is 12.7. The maximum atomic E-state index is 12.5. The highest BCUT2D eigenvalue weighted by atomic mass is 127. The smallest absolute Gasteiger partial charge is 0.410 e. The number of hydrogen-bond acceptors (Lipinski definition) is 7. The van der Waals surface area contributed by atoms with E-state index in [2.05, 4.69) is 57.8 Å². The number of carbonyl (C=O) groups is 1. The minimum atomic E-state index is -0.472. The van der Waals surface area contributed by atoms with Crippen molar-refractivity contribution in [2.75, 3.05) is 51.3 Å². The zero-order chi connectivity index (χ0) is 27.1. The second-order valence-corrected chi connectivity index (χ2v) is 13.8. The van der Waals surface area contributed by atoms with Crippen LogP contribution in [0.15, 0.2) is 0 Å². The average Bonchev–Trinajstić information content (AvgIpc) is 3.31. The largest absolute Gasteiger partial charge is 0.444 e. The van der Waals surface area contributed by atoms with Crippen LogP contribution in [-0.2, 0) is 9.47 Å². The van der Waals surface area contributed by atoms with Gasteiger partial charge in [-0.3, -0.25) is 9.58 Å². The van der Waals surface area contributed by atoms with E-state index in [9.17, 15) is 9.90 Å². The minimum Gasteiger partial charge on any atom is -0.444 e. The highest BCUT2D eigenvalue weighted by Gasteiger charge is 2.40. The Morgan fingerprint density at radius 3 is 2.41 bits per heavy atom. The number of piperidine rings is 2. The first-order chi connectivity index (χ1) is 17.3. The van der Waals surface area contributed by atoms with Crippen LogP contribution >= 0.6 is 22.6 Å². The third-order valence-corrected chi connectivity index (χ3v) is 9.45. The Hall–Kier alpha value is -1.11. The van der Waals surface area contributed by atoms with Gasteiger partial charge in [0.1, 0.15) is 5.60 Å². The van der Waals surface area contributed by atoms with Crippen molar-refractivity contribution in [1.29, 1.82) is 0 Å². The van der Waals surface area contributed by atoms with Gasteiger partial charge in [-0.2, -0.15) is 5.10 Å². The molecule has 1 aromatic rings. The molecule has 1 amide bonds. The lowest BCUT2D eigenvalue weighted by molar-refractivity contribution is 0.0184. The Kier molecular flexibility index (Phi) is 8.72. The minimum absolute atomic E-state index is 0.00641. The molecule has 0 aliphatic carbocycles. The van der Waals surface area contributed by atoms with Gasteiger partial charge in [-0.25, -0.2) is 4.79 Å². The van der Waals surface area contributed by atoms with Crippen molar-refractivity contribution in [3.8, 4) is 0 Å². The number of likely N-dealkylation sites (tertiary alicyclic amines) is 2. The molecule has 4 heterocycles. The van der Waals surface area contributed by atoms with Gasteiger partial charge in [0.15, 0.2) is 5.82 Å². The van der Waals surface area contributed by atoms with Crippen LogP contribution in [0.4, 0.5) is 10.6 Å². The molecule has 1 aromatic heterocycles. The first-order valence-electron chi connectivity index (χ1n) is 13.7. The topological polar surface area (TPSA) is 83.3 Å². The predicted octanol–water partition coefficient (Wildman–Crippen LogP) is 4.05. The van der Waals surface area contributed by atoms with Crippen molar-refractivity contribution in [3.63, 3.8) is 0 Å². The number of β-amino-alcohol motifs (C(OH)–C–C–N with tert-alkyl or cyclic N) is 1. The number of aliphatic hydroxyl groups is 1. The molecular formula is C27H46IN5O4. The van der Waals surface area contributed by atoms with Crippen LogP contribution in [0.5, 0.6) is 0 Å². The van der Waals surface area contributed by atoms with E-state index < -0.39 is 5.60 Å². The summed E-state index contributed by atoms with van der Waals surface area (Å²) in [5.74, 6) is 1.68. The van der Waals surface area contributed by atoms with Crippen LogP contribution in [0.25, 0.3) is 0 Å². The molecule has 10 heteroatoms. The van der Waals surface area contributed by atoms with Gasteiger partial charge in [0.2, 0.25) is 0 Å². The van der Waals surface area contributed by atoms with Crippen LogP contribution in [-0.4, -0.2) is 101 Å². The van der Waals surface area contributed by atoms with E-state index in [1.807, 2.05) is 25.7 Å². The third kappa shape index (κ3) is 6.55. The number of amides is 1. The van der Waals surface area contributed by atoms with Crippen LogP contribution in [0.3, 0.4) is 0 Å². The molecule has 9 nitrogen and oxygen atoms in total. The lowest BCUT2D eigenvalue weighted by Crippen LogP contribution is -2.52. The fraction of sp³-hybridized carbons (Fsp3) is 0.852. The van der Waals surface area contributed by atoms with Crippen molar-refractivity contribution in [3.05, 3.63) is 9.26 Å². The molecule has 37 heavy (non-hydrogen) atoms. The van der Waals surface area contributed by atoms with E-state index in [1.54, 1.807) is 7.11 Å². The van der Waals surface area contributed by atoms with Gasteiger partial charge >= 0.3 is 6.09 Å². The Balaban J connectivity index is 1.39. The molecule has 2 unspecified atom stereocenters. The van der Waals surface area contributed by atoms with E-state index in [0.29, 0.717) is 25.6 Å². The molecule has 0 spiro atoms. The number of halogens is 1. The van der Waals surface area contributed by atoms with Crippen molar-refractivity contribution in [1.82, 2.24) is 19.6 Å². The number of aromatic nitrogens is 2. The van der Waals surface area contributed by atoms with E-state index >= 15 is 0 Å². The lowest BCUT2D eigenvalue weighted by Gasteiger charge is -2.47. The highest BCUT2D eigenvalue weighted by Crippen LogP contribution is 2.39. The lowest BCUT2D eigenvalue weighted by atomic mass is 9.82. The average molecular weight is 632 g/mol. The molecule has 210 valence electrons. The summed E-state index contributed by atoms with van der Waals surface area (Å²) in [7, 11) is 1.69.